The lowest BCUT2D eigenvalue weighted by Crippen LogP contribution is -2.51. The van der Waals surface area contributed by atoms with Gasteiger partial charge in [-0.25, -0.2) is 13.2 Å². The van der Waals surface area contributed by atoms with Crippen LogP contribution in [0.4, 0.5) is 13.2 Å². The number of hydrogen-bond donors (Lipinski definition) is 0. The van der Waals surface area contributed by atoms with E-state index in [1.807, 2.05) is 54.6 Å². The summed E-state index contributed by atoms with van der Waals surface area (Å²) in [6.07, 6.45) is -0.107. The Kier molecular flexibility index (Phi) is 7.29. The second-order valence-corrected chi connectivity index (χ2v) is 8.38. The minimum atomic E-state index is -1.63. The summed E-state index contributed by atoms with van der Waals surface area (Å²) in [5, 5.41) is 0. The van der Waals surface area contributed by atoms with Gasteiger partial charge in [0.15, 0.2) is 17.5 Å². The number of carbonyl (C=O) groups excluding carboxylic acids is 3. The molecule has 8 heteroatoms. The average molecular weight is 480 g/mol. The fourth-order valence-electron chi connectivity index (χ4n) is 4.04. The SMILES string of the molecule is O=C(CC(=O)N1CCN(C(=O)c2cc(F)c(F)c(F)c2)CC1)Cc1ccc(-c2ccccc2)cc1. The van der Waals surface area contributed by atoms with Gasteiger partial charge in [0.2, 0.25) is 5.91 Å². The lowest BCUT2D eigenvalue weighted by atomic mass is 10.0. The number of Topliss-reactive ketones (excluding diaryl/α,β-unsaturated/α-hetero) is 1. The Labute approximate surface area is 200 Å². The van der Waals surface area contributed by atoms with Crippen molar-refractivity contribution in [2.75, 3.05) is 26.2 Å². The maximum atomic E-state index is 13.4. The summed E-state index contributed by atoms with van der Waals surface area (Å²) >= 11 is 0. The van der Waals surface area contributed by atoms with Crippen LogP contribution in [0.25, 0.3) is 11.1 Å². The Bertz CT molecular complexity index is 1220. The van der Waals surface area contributed by atoms with Crippen LogP contribution in [-0.2, 0) is 16.0 Å². The number of piperazine rings is 1. The fraction of sp³-hybridized carbons (Fsp3) is 0.222. The normalized spacial score (nSPS) is 13.6. The first-order valence-electron chi connectivity index (χ1n) is 11.2. The molecular formula is C27H23F3N2O3. The van der Waals surface area contributed by atoms with Crippen LogP contribution in [0.15, 0.2) is 66.7 Å². The molecule has 0 saturated carbocycles. The van der Waals surface area contributed by atoms with Crippen molar-refractivity contribution in [1.82, 2.24) is 9.80 Å². The summed E-state index contributed by atoms with van der Waals surface area (Å²) in [6, 6.07) is 18.8. The van der Waals surface area contributed by atoms with Crippen molar-refractivity contribution in [1.29, 1.82) is 0 Å². The molecule has 0 spiro atoms. The highest BCUT2D eigenvalue weighted by molar-refractivity contribution is 5.99. The molecule has 1 aliphatic rings. The van der Waals surface area contributed by atoms with Crippen LogP contribution in [0, 0.1) is 17.5 Å². The summed E-state index contributed by atoms with van der Waals surface area (Å²) in [4.78, 5) is 40.4. The number of ketones is 1. The molecule has 180 valence electrons. The van der Waals surface area contributed by atoms with Gasteiger partial charge in [-0.2, -0.15) is 0 Å². The molecule has 0 aromatic heterocycles. The number of rotatable bonds is 6. The summed E-state index contributed by atoms with van der Waals surface area (Å²) < 4.78 is 40.0. The Morgan fingerprint density at radius 3 is 1.86 bits per heavy atom. The van der Waals surface area contributed by atoms with Crippen LogP contribution < -0.4 is 0 Å². The maximum absolute atomic E-state index is 13.4. The van der Waals surface area contributed by atoms with Gasteiger partial charge in [-0.05, 0) is 28.8 Å². The van der Waals surface area contributed by atoms with Gasteiger partial charge in [-0.15, -0.1) is 0 Å². The monoisotopic (exact) mass is 480 g/mol. The summed E-state index contributed by atoms with van der Waals surface area (Å²) in [5.41, 5.74) is 2.63. The third-order valence-electron chi connectivity index (χ3n) is 5.96. The number of carbonyl (C=O) groups is 3. The van der Waals surface area contributed by atoms with E-state index < -0.39 is 23.4 Å². The van der Waals surface area contributed by atoms with Gasteiger partial charge in [0.05, 0.1) is 6.42 Å². The third kappa shape index (κ3) is 5.77. The van der Waals surface area contributed by atoms with Crippen LogP contribution in [0.2, 0.25) is 0 Å². The smallest absolute Gasteiger partial charge is 0.254 e. The van der Waals surface area contributed by atoms with Gasteiger partial charge in [-0.1, -0.05) is 54.6 Å². The predicted octanol–water partition coefficient (Wildman–Crippen LogP) is 4.26. The van der Waals surface area contributed by atoms with Crippen LogP contribution >= 0.6 is 0 Å². The third-order valence-corrected chi connectivity index (χ3v) is 5.96. The Hall–Kier alpha value is -3.94. The number of hydrogen-bond acceptors (Lipinski definition) is 3. The van der Waals surface area contributed by atoms with E-state index in [0.29, 0.717) is 12.1 Å². The molecule has 0 N–H and O–H groups in total. The van der Waals surface area contributed by atoms with Gasteiger partial charge in [0.1, 0.15) is 5.78 Å². The number of amides is 2. The van der Waals surface area contributed by atoms with Gasteiger partial charge in [0, 0.05) is 38.2 Å². The number of nitrogens with zero attached hydrogens (tertiary/aromatic N) is 2. The molecule has 1 saturated heterocycles. The van der Waals surface area contributed by atoms with E-state index in [1.165, 1.54) is 9.80 Å². The molecule has 0 atom stereocenters. The molecule has 2 amide bonds. The molecule has 3 aromatic carbocycles. The van der Waals surface area contributed by atoms with Crippen LogP contribution in [-0.4, -0.2) is 53.6 Å². The van der Waals surface area contributed by atoms with Crippen molar-refractivity contribution in [3.05, 3.63) is 95.3 Å². The van der Waals surface area contributed by atoms with Gasteiger partial charge in [-0.3, -0.25) is 14.4 Å². The van der Waals surface area contributed by atoms with E-state index >= 15 is 0 Å². The molecule has 1 fully saturated rings. The zero-order valence-corrected chi connectivity index (χ0v) is 18.8. The second-order valence-electron chi connectivity index (χ2n) is 8.38. The quantitative estimate of drug-likeness (QED) is 0.392. The minimum absolute atomic E-state index is 0.139. The highest BCUT2D eigenvalue weighted by Gasteiger charge is 2.27. The molecule has 3 aromatic rings. The molecule has 35 heavy (non-hydrogen) atoms. The van der Waals surface area contributed by atoms with Crippen molar-refractivity contribution < 1.29 is 27.6 Å². The Balaban J connectivity index is 1.27. The van der Waals surface area contributed by atoms with Crippen molar-refractivity contribution in [3.63, 3.8) is 0 Å². The van der Waals surface area contributed by atoms with Crippen LogP contribution in [0.5, 0.6) is 0 Å². The lowest BCUT2D eigenvalue weighted by Gasteiger charge is -2.34. The standard InChI is InChI=1S/C27H23F3N2O3/c28-23-15-21(16-24(29)26(23)30)27(35)32-12-10-31(11-13-32)25(34)17-22(33)14-18-6-8-20(9-7-18)19-4-2-1-3-5-19/h1-9,15-16H,10-14,17H2. The van der Waals surface area contributed by atoms with Gasteiger partial charge < -0.3 is 9.80 Å². The number of halogens is 3. The van der Waals surface area contributed by atoms with Crippen molar-refractivity contribution >= 4 is 17.6 Å². The molecule has 1 heterocycles. The molecule has 1 aliphatic heterocycles. The molecular weight excluding hydrogens is 457 g/mol. The summed E-state index contributed by atoms with van der Waals surface area (Å²) in [7, 11) is 0. The first kappa shape index (κ1) is 24.2. The molecule has 0 aliphatic carbocycles. The predicted molar refractivity (Wildman–Crippen MR) is 124 cm³/mol. The first-order valence-corrected chi connectivity index (χ1v) is 11.2. The molecule has 0 unspecified atom stereocenters. The topological polar surface area (TPSA) is 57.7 Å². The fourth-order valence-corrected chi connectivity index (χ4v) is 4.04. The highest BCUT2D eigenvalue weighted by atomic mass is 19.2. The first-order chi connectivity index (χ1) is 16.8. The van der Waals surface area contributed by atoms with E-state index in [9.17, 15) is 27.6 Å². The van der Waals surface area contributed by atoms with E-state index in [2.05, 4.69) is 0 Å². The van der Waals surface area contributed by atoms with Crippen molar-refractivity contribution in [2.45, 2.75) is 12.8 Å². The highest BCUT2D eigenvalue weighted by Crippen LogP contribution is 2.20. The summed E-state index contributed by atoms with van der Waals surface area (Å²) in [5.74, 6) is -5.69. The molecule has 5 nitrogen and oxygen atoms in total. The lowest BCUT2D eigenvalue weighted by molar-refractivity contribution is -0.136. The second kappa shape index (κ2) is 10.5. The zero-order chi connectivity index (χ0) is 24.9. The van der Waals surface area contributed by atoms with Gasteiger partial charge in [0.25, 0.3) is 5.91 Å². The van der Waals surface area contributed by atoms with Crippen LogP contribution in [0.3, 0.4) is 0 Å². The molecule has 0 bridgehead atoms. The van der Waals surface area contributed by atoms with Gasteiger partial charge >= 0.3 is 0 Å². The van der Waals surface area contributed by atoms with E-state index in [0.717, 1.165) is 16.7 Å². The summed E-state index contributed by atoms with van der Waals surface area (Å²) in [6.45, 7) is 0.659. The van der Waals surface area contributed by atoms with E-state index in [1.54, 1.807) is 0 Å². The van der Waals surface area contributed by atoms with Crippen molar-refractivity contribution in [2.24, 2.45) is 0 Å². The average Bonchev–Trinajstić information content (AvgIpc) is 2.87. The largest absolute Gasteiger partial charge is 0.339 e. The minimum Gasteiger partial charge on any atom is -0.339 e. The maximum Gasteiger partial charge on any atom is 0.254 e. The number of benzene rings is 3. The Morgan fingerprint density at radius 2 is 1.26 bits per heavy atom. The molecule has 4 rings (SSSR count). The van der Waals surface area contributed by atoms with Crippen LogP contribution in [0.1, 0.15) is 22.3 Å². The van der Waals surface area contributed by atoms with Crippen molar-refractivity contribution in [3.8, 4) is 11.1 Å². The Morgan fingerprint density at radius 1 is 0.714 bits per heavy atom. The molecule has 0 radical (unpaired) electrons. The zero-order valence-electron chi connectivity index (χ0n) is 18.8. The van der Waals surface area contributed by atoms with E-state index in [4.69, 9.17) is 0 Å². The van der Waals surface area contributed by atoms with E-state index in [-0.39, 0.29) is 56.3 Å².